The quantitative estimate of drug-likeness (QED) is 0.715. The number of benzene rings is 1. The number of carbonyl (C=O) groups excluding carboxylic acids is 1. The zero-order valence-electron chi connectivity index (χ0n) is 15.3. The van der Waals surface area contributed by atoms with Gasteiger partial charge in [-0.05, 0) is 31.2 Å². The highest BCUT2D eigenvalue weighted by Crippen LogP contribution is 2.29. The number of carbonyl (C=O) groups is 1. The fraction of sp³-hybridized carbons (Fsp3) is 0.300. The second kappa shape index (κ2) is 7.93. The number of fused-ring (bicyclic) bond motifs is 1. The minimum atomic E-state index is -0.509. The Hall–Kier alpha value is -3.00. The Bertz CT molecular complexity index is 1090. The van der Waals surface area contributed by atoms with Gasteiger partial charge in [0.2, 0.25) is 5.91 Å². The van der Waals surface area contributed by atoms with Gasteiger partial charge in [-0.25, -0.2) is 9.78 Å². The summed E-state index contributed by atoms with van der Waals surface area (Å²) in [7, 11) is 0. The Labute approximate surface area is 165 Å². The number of hydrogen-bond donors (Lipinski definition) is 1. The van der Waals surface area contributed by atoms with Crippen LogP contribution in [0, 0.1) is 0 Å². The summed E-state index contributed by atoms with van der Waals surface area (Å²) in [5, 5.41) is 3.26. The number of aromatic nitrogens is 3. The fourth-order valence-corrected chi connectivity index (χ4v) is 4.38. The molecule has 28 heavy (non-hydrogen) atoms. The van der Waals surface area contributed by atoms with Gasteiger partial charge in [0.05, 0.1) is 12.2 Å². The van der Waals surface area contributed by atoms with Crippen LogP contribution in [0.2, 0.25) is 0 Å². The van der Waals surface area contributed by atoms with E-state index in [0.29, 0.717) is 11.7 Å². The van der Waals surface area contributed by atoms with Gasteiger partial charge in [-0.1, -0.05) is 30.3 Å². The molecule has 0 fully saturated rings. The van der Waals surface area contributed by atoms with E-state index in [0.717, 1.165) is 41.5 Å². The Kier molecular flexibility index (Phi) is 5.21. The maximum absolute atomic E-state index is 12.7. The van der Waals surface area contributed by atoms with Crippen molar-refractivity contribution < 1.29 is 4.79 Å². The van der Waals surface area contributed by atoms with E-state index in [4.69, 9.17) is 0 Å². The molecule has 144 valence electrons. The molecule has 1 N–H and O–H groups in total. The average Bonchev–Trinajstić information content (AvgIpc) is 3.10. The highest BCUT2D eigenvalue weighted by Gasteiger charge is 2.17. The minimum absolute atomic E-state index is 0.334. The molecule has 3 aromatic rings. The molecule has 0 radical (unpaired) electrons. The third-order valence-corrected chi connectivity index (χ3v) is 5.80. The van der Waals surface area contributed by atoms with Gasteiger partial charge in [-0.2, -0.15) is 0 Å². The molecule has 4 rings (SSSR count). The van der Waals surface area contributed by atoms with E-state index in [1.807, 2.05) is 30.3 Å². The van der Waals surface area contributed by atoms with Crippen molar-refractivity contribution in [2.75, 3.05) is 5.32 Å². The van der Waals surface area contributed by atoms with Gasteiger partial charge in [0.15, 0.2) is 5.13 Å². The van der Waals surface area contributed by atoms with Crippen molar-refractivity contribution in [2.45, 2.75) is 38.8 Å². The van der Waals surface area contributed by atoms with Crippen LogP contribution in [0.15, 0.2) is 52.2 Å². The SMILES string of the molecule is O=C(Cn1c(=O)ccn(Cc2ccccc2)c1=O)Nc1nc2c(s1)CCCC2. The number of nitrogens with zero attached hydrogens (tertiary/aromatic N) is 3. The van der Waals surface area contributed by atoms with Crippen molar-refractivity contribution in [3.8, 4) is 0 Å². The second-order valence-electron chi connectivity index (χ2n) is 6.78. The topological polar surface area (TPSA) is 86.0 Å². The van der Waals surface area contributed by atoms with E-state index >= 15 is 0 Å². The molecule has 2 aromatic heterocycles. The Balaban J connectivity index is 1.51. The molecule has 0 saturated carbocycles. The van der Waals surface area contributed by atoms with Crippen LogP contribution in [0.3, 0.4) is 0 Å². The Morgan fingerprint density at radius 3 is 2.68 bits per heavy atom. The predicted molar refractivity (Wildman–Crippen MR) is 108 cm³/mol. The summed E-state index contributed by atoms with van der Waals surface area (Å²) in [6, 6.07) is 10.8. The molecule has 0 atom stereocenters. The highest BCUT2D eigenvalue weighted by molar-refractivity contribution is 7.15. The van der Waals surface area contributed by atoms with Crippen molar-refractivity contribution >= 4 is 22.4 Å². The zero-order valence-corrected chi connectivity index (χ0v) is 16.1. The van der Waals surface area contributed by atoms with Crippen LogP contribution in [0.1, 0.15) is 29.0 Å². The van der Waals surface area contributed by atoms with Crippen LogP contribution in [0.5, 0.6) is 0 Å². The lowest BCUT2D eigenvalue weighted by atomic mass is 10.0. The molecule has 0 aliphatic heterocycles. The monoisotopic (exact) mass is 396 g/mol. The first-order chi connectivity index (χ1) is 13.6. The molecule has 0 unspecified atom stereocenters. The van der Waals surface area contributed by atoms with E-state index in [9.17, 15) is 14.4 Å². The first-order valence-corrected chi connectivity index (χ1v) is 10.0. The average molecular weight is 396 g/mol. The van der Waals surface area contributed by atoms with Crippen molar-refractivity contribution in [1.82, 2.24) is 14.1 Å². The molecule has 1 aliphatic rings. The number of nitrogens with one attached hydrogen (secondary N) is 1. The Morgan fingerprint density at radius 1 is 1.11 bits per heavy atom. The van der Waals surface area contributed by atoms with Crippen LogP contribution < -0.4 is 16.6 Å². The number of thiazole rings is 1. The van der Waals surface area contributed by atoms with Crippen LogP contribution in [0.4, 0.5) is 5.13 Å². The van der Waals surface area contributed by atoms with Gasteiger partial charge in [-0.15, -0.1) is 11.3 Å². The third-order valence-electron chi connectivity index (χ3n) is 4.73. The molecule has 2 heterocycles. The lowest BCUT2D eigenvalue weighted by Gasteiger charge is -2.09. The first kappa shape index (κ1) is 18.4. The van der Waals surface area contributed by atoms with Crippen LogP contribution in [-0.2, 0) is 30.7 Å². The maximum atomic E-state index is 12.7. The third kappa shape index (κ3) is 3.96. The van der Waals surface area contributed by atoms with Gasteiger partial charge >= 0.3 is 5.69 Å². The van der Waals surface area contributed by atoms with Gasteiger partial charge in [-0.3, -0.25) is 18.7 Å². The molecule has 1 amide bonds. The molecular weight excluding hydrogens is 376 g/mol. The lowest BCUT2D eigenvalue weighted by molar-refractivity contribution is -0.116. The van der Waals surface area contributed by atoms with Crippen LogP contribution in [-0.4, -0.2) is 20.0 Å². The lowest BCUT2D eigenvalue weighted by Crippen LogP contribution is -2.41. The largest absolute Gasteiger partial charge is 0.331 e. The number of anilines is 1. The fourth-order valence-electron chi connectivity index (χ4n) is 3.31. The molecule has 1 aliphatic carbocycles. The van der Waals surface area contributed by atoms with Gasteiger partial charge < -0.3 is 5.32 Å². The van der Waals surface area contributed by atoms with Crippen molar-refractivity contribution in [1.29, 1.82) is 0 Å². The number of aryl methyl sites for hydroxylation is 2. The van der Waals surface area contributed by atoms with Crippen LogP contribution >= 0.6 is 11.3 Å². The molecule has 1 aromatic carbocycles. The summed E-state index contributed by atoms with van der Waals surface area (Å²) in [6.45, 7) is -0.00167. The summed E-state index contributed by atoms with van der Waals surface area (Å²) in [4.78, 5) is 42.9. The zero-order chi connectivity index (χ0) is 19.5. The first-order valence-electron chi connectivity index (χ1n) is 9.23. The molecule has 0 saturated heterocycles. The van der Waals surface area contributed by atoms with E-state index < -0.39 is 17.2 Å². The smallest absolute Gasteiger partial charge is 0.300 e. The number of rotatable bonds is 5. The van der Waals surface area contributed by atoms with Crippen molar-refractivity contribution in [3.05, 3.63) is 79.6 Å². The van der Waals surface area contributed by atoms with E-state index in [2.05, 4.69) is 10.3 Å². The van der Waals surface area contributed by atoms with E-state index in [1.165, 1.54) is 33.0 Å². The molecule has 7 nitrogen and oxygen atoms in total. The standard InChI is InChI=1S/C20H20N4O3S/c25-17(22-19-21-15-8-4-5-9-16(15)28-19)13-24-18(26)10-11-23(20(24)27)12-14-6-2-1-3-7-14/h1-3,6-7,10-11H,4-5,8-9,12-13H2,(H,21,22,25). The Morgan fingerprint density at radius 2 is 1.89 bits per heavy atom. The summed E-state index contributed by atoms with van der Waals surface area (Å²) < 4.78 is 2.37. The van der Waals surface area contributed by atoms with Crippen molar-refractivity contribution in [3.63, 3.8) is 0 Å². The van der Waals surface area contributed by atoms with E-state index in [-0.39, 0.29) is 6.54 Å². The summed E-state index contributed by atoms with van der Waals surface area (Å²) in [5.74, 6) is -0.428. The van der Waals surface area contributed by atoms with Gasteiger partial charge in [0.25, 0.3) is 5.56 Å². The van der Waals surface area contributed by atoms with Gasteiger partial charge in [0, 0.05) is 17.1 Å². The van der Waals surface area contributed by atoms with Gasteiger partial charge in [0.1, 0.15) is 6.54 Å². The normalized spacial score (nSPS) is 13.1. The number of amides is 1. The minimum Gasteiger partial charge on any atom is -0.300 e. The summed E-state index contributed by atoms with van der Waals surface area (Å²) in [6.07, 6.45) is 5.64. The second-order valence-corrected chi connectivity index (χ2v) is 7.86. The van der Waals surface area contributed by atoms with Crippen molar-refractivity contribution in [2.24, 2.45) is 0 Å². The predicted octanol–water partition coefficient (Wildman–Crippen LogP) is 2.03. The summed E-state index contributed by atoms with van der Waals surface area (Å²) >= 11 is 1.47. The summed E-state index contributed by atoms with van der Waals surface area (Å²) in [5.41, 5.74) is 0.981. The maximum Gasteiger partial charge on any atom is 0.331 e. The van der Waals surface area contributed by atoms with E-state index in [1.54, 1.807) is 0 Å². The highest BCUT2D eigenvalue weighted by atomic mass is 32.1. The number of hydrogen-bond acceptors (Lipinski definition) is 5. The molecule has 0 spiro atoms. The van der Waals surface area contributed by atoms with Crippen LogP contribution in [0.25, 0.3) is 0 Å². The molecule has 8 heteroatoms. The molecular formula is C20H20N4O3S. The molecule has 0 bridgehead atoms.